The molecule has 0 bridgehead atoms. The Kier molecular flexibility index (Phi) is 5.94. The van der Waals surface area contributed by atoms with Crippen LogP contribution in [0.1, 0.15) is 21.7 Å². The van der Waals surface area contributed by atoms with E-state index in [2.05, 4.69) is 28.9 Å². The second-order valence-corrected chi connectivity index (χ2v) is 7.50. The third-order valence-corrected chi connectivity index (χ3v) is 5.00. The van der Waals surface area contributed by atoms with Crippen LogP contribution in [-0.2, 0) is 19.6 Å². The SMILES string of the molecule is Cc1ccc(CN(CCCn2ccnc2)Cc2ccc(F)c(F)c2)s1. The standard InChI is InChI=1S/C19H21F2N3S/c1-15-3-5-17(25-15)13-24(9-2-8-23-10-7-22-14-23)12-16-4-6-18(20)19(21)11-16/h3-7,10-11,14H,2,8-9,12-13H2,1H3. The van der Waals surface area contributed by atoms with E-state index in [1.165, 1.54) is 21.9 Å². The van der Waals surface area contributed by atoms with Gasteiger partial charge in [-0.1, -0.05) is 6.07 Å². The van der Waals surface area contributed by atoms with E-state index < -0.39 is 11.6 Å². The first-order chi connectivity index (χ1) is 12.1. The fraction of sp³-hybridized carbons (Fsp3) is 0.316. The monoisotopic (exact) mass is 361 g/mol. The predicted molar refractivity (Wildman–Crippen MR) is 96.4 cm³/mol. The molecule has 0 amide bonds. The lowest BCUT2D eigenvalue weighted by atomic mass is 10.2. The summed E-state index contributed by atoms with van der Waals surface area (Å²) in [6.45, 7) is 5.25. The number of aromatic nitrogens is 2. The Balaban J connectivity index is 1.65. The number of imidazole rings is 1. The fourth-order valence-electron chi connectivity index (χ4n) is 2.80. The number of aryl methyl sites for hydroxylation is 2. The molecule has 0 aliphatic carbocycles. The molecule has 132 valence electrons. The zero-order valence-electron chi connectivity index (χ0n) is 14.2. The van der Waals surface area contributed by atoms with Gasteiger partial charge < -0.3 is 4.57 Å². The molecule has 0 N–H and O–H groups in total. The third kappa shape index (κ3) is 5.21. The van der Waals surface area contributed by atoms with Crippen molar-refractivity contribution >= 4 is 11.3 Å². The van der Waals surface area contributed by atoms with E-state index >= 15 is 0 Å². The van der Waals surface area contributed by atoms with Gasteiger partial charge in [-0.25, -0.2) is 13.8 Å². The Bertz CT molecular complexity index is 799. The van der Waals surface area contributed by atoms with Gasteiger partial charge in [-0.05, 0) is 43.2 Å². The van der Waals surface area contributed by atoms with Gasteiger partial charge in [-0.3, -0.25) is 4.90 Å². The van der Waals surface area contributed by atoms with Crippen molar-refractivity contribution in [2.24, 2.45) is 0 Å². The minimum atomic E-state index is -0.802. The lowest BCUT2D eigenvalue weighted by molar-refractivity contribution is 0.250. The highest BCUT2D eigenvalue weighted by Crippen LogP contribution is 2.19. The number of nitrogens with zero attached hydrogens (tertiary/aromatic N) is 3. The Labute approximate surface area is 150 Å². The van der Waals surface area contributed by atoms with Crippen molar-refractivity contribution in [3.8, 4) is 0 Å². The van der Waals surface area contributed by atoms with Crippen LogP contribution in [0, 0.1) is 18.6 Å². The summed E-state index contributed by atoms with van der Waals surface area (Å²) < 4.78 is 28.7. The van der Waals surface area contributed by atoms with Crippen LogP contribution in [-0.4, -0.2) is 21.0 Å². The summed E-state index contributed by atoms with van der Waals surface area (Å²) in [5.41, 5.74) is 0.787. The molecule has 0 spiro atoms. The summed E-state index contributed by atoms with van der Waals surface area (Å²) in [4.78, 5) is 8.88. The van der Waals surface area contributed by atoms with Crippen molar-refractivity contribution in [3.63, 3.8) is 0 Å². The Hall–Kier alpha value is -2.05. The van der Waals surface area contributed by atoms with Crippen molar-refractivity contribution in [1.82, 2.24) is 14.5 Å². The molecule has 0 saturated carbocycles. The van der Waals surface area contributed by atoms with E-state index in [9.17, 15) is 8.78 Å². The van der Waals surface area contributed by atoms with Crippen LogP contribution >= 0.6 is 11.3 Å². The Morgan fingerprint density at radius 1 is 1.12 bits per heavy atom. The van der Waals surface area contributed by atoms with Crippen LogP contribution in [0.5, 0.6) is 0 Å². The molecule has 0 unspecified atom stereocenters. The first kappa shape index (κ1) is 17.8. The number of hydrogen-bond acceptors (Lipinski definition) is 3. The van der Waals surface area contributed by atoms with Crippen LogP contribution in [0.4, 0.5) is 8.78 Å². The number of rotatable bonds is 8. The Morgan fingerprint density at radius 2 is 2.00 bits per heavy atom. The van der Waals surface area contributed by atoms with Gasteiger partial charge >= 0.3 is 0 Å². The topological polar surface area (TPSA) is 21.1 Å². The lowest BCUT2D eigenvalue weighted by Gasteiger charge is -2.22. The van der Waals surface area contributed by atoms with Gasteiger partial charge in [0.2, 0.25) is 0 Å². The zero-order chi connectivity index (χ0) is 17.6. The number of thiophene rings is 1. The van der Waals surface area contributed by atoms with Gasteiger partial charge in [0.05, 0.1) is 6.33 Å². The molecule has 0 atom stereocenters. The molecule has 3 nitrogen and oxygen atoms in total. The van der Waals surface area contributed by atoms with Crippen molar-refractivity contribution in [3.05, 3.63) is 76.0 Å². The molecule has 0 aliphatic rings. The molecule has 0 saturated heterocycles. The molecule has 0 aliphatic heterocycles. The quantitative estimate of drug-likeness (QED) is 0.584. The van der Waals surface area contributed by atoms with Crippen molar-refractivity contribution < 1.29 is 8.78 Å². The maximum Gasteiger partial charge on any atom is 0.159 e. The summed E-state index contributed by atoms with van der Waals surface area (Å²) >= 11 is 1.77. The average Bonchev–Trinajstić information content (AvgIpc) is 3.23. The highest BCUT2D eigenvalue weighted by Gasteiger charge is 2.11. The van der Waals surface area contributed by atoms with Crippen molar-refractivity contribution in [2.75, 3.05) is 6.54 Å². The maximum absolute atomic E-state index is 13.5. The van der Waals surface area contributed by atoms with E-state index in [-0.39, 0.29) is 0 Å². The van der Waals surface area contributed by atoms with Crippen molar-refractivity contribution in [1.29, 1.82) is 0 Å². The largest absolute Gasteiger partial charge is 0.337 e. The minimum Gasteiger partial charge on any atom is -0.337 e. The van der Waals surface area contributed by atoms with Crippen LogP contribution in [0.2, 0.25) is 0 Å². The van der Waals surface area contributed by atoms with E-state index in [4.69, 9.17) is 0 Å². The summed E-state index contributed by atoms with van der Waals surface area (Å²) in [6, 6.07) is 8.39. The molecule has 25 heavy (non-hydrogen) atoms. The van der Waals surface area contributed by atoms with Crippen LogP contribution in [0.3, 0.4) is 0 Å². The molecule has 6 heteroatoms. The van der Waals surface area contributed by atoms with Gasteiger partial charge in [0.25, 0.3) is 0 Å². The summed E-state index contributed by atoms with van der Waals surface area (Å²) in [6.07, 6.45) is 6.49. The van der Waals surface area contributed by atoms with Crippen molar-refractivity contribution in [2.45, 2.75) is 33.0 Å². The van der Waals surface area contributed by atoms with E-state index in [1.807, 2.05) is 17.1 Å². The molecule has 3 aromatic rings. The normalized spacial score (nSPS) is 11.4. The van der Waals surface area contributed by atoms with Gasteiger partial charge in [-0.15, -0.1) is 11.3 Å². The number of halogens is 2. The van der Waals surface area contributed by atoms with Crippen LogP contribution < -0.4 is 0 Å². The summed E-state index contributed by atoms with van der Waals surface area (Å²) in [5, 5.41) is 0. The van der Waals surface area contributed by atoms with E-state index in [0.29, 0.717) is 6.54 Å². The maximum atomic E-state index is 13.5. The lowest BCUT2D eigenvalue weighted by Crippen LogP contribution is -2.24. The molecule has 1 aromatic carbocycles. The molecule has 2 aromatic heterocycles. The molecular formula is C19H21F2N3S. The zero-order valence-corrected chi connectivity index (χ0v) is 15.0. The van der Waals surface area contributed by atoms with Crippen LogP contribution in [0.25, 0.3) is 0 Å². The van der Waals surface area contributed by atoms with Crippen LogP contribution in [0.15, 0.2) is 49.1 Å². The van der Waals surface area contributed by atoms with E-state index in [1.54, 1.807) is 23.6 Å². The van der Waals surface area contributed by atoms with Gasteiger partial charge in [0.1, 0.15) is 0 Å². The highest BCUT2D eigenvalue weighted by molar-refractivity contribution is 7.11. The third-order valence-electron chi connectivity index (χ3n) is 4.02. The second kappa shape index (κ2) is 8.36. The molecule has 2 heterocycles. The molecule has 3 rings (SSSR count). The van der Waals surface area contributed by atoms with Gasteiger partial charge in [-0.2, -0.15) is 0 Å². The number of benzene rings is 1. The molecule has 0 radical (unpaired) electrons. The van der Waals surface area contributed by atoms with E-state index in [0.717, 1.165) is 31.6 Å². The minimum absolute atomic E-state index is 0.595. The fourth-order valence-corrected chi connectivity index (χ4v) is 3.73. The molecular weight excluding hydrogens is 340 g/mol. The highest BCUT2D eigenvalue weighted by atomic mass is 32.1. The smallest absolute Gasteiger partial charge is 0.159 e. The summed E-state index contributed by atoms with van der Waals surface area (Å²) in [5.74, 6) is -1.59. The first-order valence-corrected chi connectivity index (χ1v) is 9.09. The average molecular weight is 361 g/mol. The first-order valence-electron chi connectivity index (χ1n) is 8.27. The molecule has 0 fully saturated rings. The number of hydrogen-bond donors (Lipinski definition) is 0. The Morgan fingerprint density at radius 3 is 2.68 bits per heavy atom. The predicted octanol–water partition coefficient (Wildman–Crippen LogP) is 4.62. The van der Waals surface area contributed by atoms with Gasteiger partial charge in [0, 0.05) is 48.3 Å². The second-order valence-electron chi connectivity index (χ2n) is 6.13. The summed E-state index contributed by atoms with van der Waals surface area (Å²) in [7, 11) is 0. The van der Waals surface area contributed by atoms with Gasteiger partial charge in [0.15, 0.2) is 11.6 Å².